The minimum atomic E-state index is -0.725. The largest absolute Gasteiger partial charge is 0.491 e. The minimum Gasteiger partial charge on any atom is -0.491 e. The molecule has 0 saturated carbocycles. The van der Waals surface area contributed by atoms with E-state index in [-0.39, 0.29) is 26.4 Å². The van der Waals surface area contributed by atoms with Gasteiger partial charge in [0.05, 0.1) is 18.6 Å². The highest BCUT2D eigenvalue weighted by Gasteiger charge is 2.48. The summed E-state index contributed by atoms with van der Waals surface area (Å²) in [6.07, 6.45) is 0. The third kappa shape index (κ3) is 5.09. The summed E-state index contributed by atoms with van der Waals surface area (Å²) in [4.78, 5) is 2.47. The van der Waals surface area contributed by atoms with Gasteiger partial charge in [-0.25, -0.2) is 0 Å². The third-order valence-corrected chi connectivity index (χ3v) is 11.9. The Labute approximate surface area is 304 Å². The first-order valence-corrected chi connectivity index (χ1v) is 18.9. The molecule has 0 amide bonds. The van der Waals surface area contributed by atoms with Crippen LogP contribution >= 0.6 is 22.7 Å². The second-order valence-corrected chi connectivity index (χ2v) is 14.6. The molecule has 4 nitrogen and oxygen atoms in total. The maximum absolute atomic E-state index is 9.65. The van der Waals surface area contributed by atoms with Gasteiger partial charge in [-0.15, -0.1) is 22.7 Å². The van der Waals surface area contributed by atoms with Gasteiger partial charge in [-0.1, -0.05) is 97.1 Å². The van der Waals surface area contributed by atoms with E-state index in [2.05, 4.69) is 132 Å². The molecule has 0 radical (unpaired) electrons. The molecular formula is C45H34O4S2. The van der Waals surface area contributed by atoms with Crippen LogP contribution in [0.5, 0.6) is 11.5 Å². The monoisotopic (exact) mass is 702 g/mol. The predicted molar refractivity (Wildman–Crippen MR) is 211 cm³/mol. The molecule has 9 rings (SSSR count). The lowest BCUT2D eigenvalue weighted by atomic mass is 9.65. The summed E-state index contributed by atoms with van der Waals surface area (Å²) in [6.45, 7) is 0.321. The van der Waals surface area contributed by atoms with Crippen LogP contribution in [0.15, 0.2) is 144 Å². The highest BCUT2D eigenvalue weighted by Crippen LogP contribution is 2.60. The normalized spacial score (nSPS) is 13.0. The van der Waals surface area contributed by atoms with Crippen molar-refractivity contribution in [2.75, 3.05) is 26.4 Å². The van der Waals surface area contributed by atoms with Gasteiger partial charge in [0.15, 0.2) is 0 Å². The van der Waals surface area contributed by atoms with Crippen molar-refractivity contribution in [1.82, 2.24) is 0 Å². The van der Waals surface area contributed by atoms with Crippen molar-refractivity contribution in [3.05, 3.63) is 166 Å². The summed E-state index contributed by atoms with van der Waals surface area (Å²) in [7, 11) is 0. The van der Waals surface area contributed by atoms with Gasteiger partial charge < -0.3 is 19.7 Å². The van der Waals surface area contributed by atoms with Gasteiger partial charge in [-0.2, -0.15) is 0 Å². The van der Waals surface area contributed by atoms with Gasteiger partial charge in [-0.05, 0) is 102 Å². The van der Waals surface area contributed by atoms with Crippen LogP contribution in [0, 0.1) is 0 Å². The molecule has 0 aliphatic heterocycles. The van der Waals surface area contributed by atoms with E-state index >= 15 is 0 Å². The standard InChI is InChI=1S/C45H34O4S2/c46-21-23-48-41-19-17-37(31-7-1-3-9-33(31)41)45(38-18-20-42(49-24-22-47)34-10-4-2-8-32(34)38)39-15-13-29(43-11-5-25-50-43)27-35(39)36-28-30(14-16-40(36)45)44-12-6-26-51-44/h1-20,25-28,46-47H,21-24H2. The highest BCUT2D eigenvalue weighted by molar-refractivity contribution is 7.13. The number of hydrogen-bond acceptors (Lipinski definition) is 6. The molecule has 6 aromatic carbocycles. The van der Waals surface area contributed by atoms with Crippen LogP contribution in [0.4, 0.5) is 0 Å². The molecule has 0 bridgehead atoms. The Morgan fingerprint density at radius 3 is 1.29 bits per heavy atom. The molecule has 1 aliphatic carbocycles. The molecular weight excluding hydrogens is 669 g/mol. The first-order chi connectivity index (χ1) is 25.2. The Hall–Kier alpha value is -5.24. The maximum atomic E-state index is 9.65. The zero-order valence-electron chi connectivity index (χ0n) is 27.7. The molecule has 8 aromatic rings. The van der Waals surface area contributed by atoms with Crippen molar-refractivity contribution in [2.45, 2.75) is 5.41 Å². The van der Waals surface area contributed by atoms with E-state index in [1.54, 1.807) is 22.7 Å². The summed E-state index contributed by atoms with van der Waals surface area (Å²) in [5.41, 5.74) is 8.82. The zero-order chi connectivity index (χ0) is 34.4. The molecule has 250 valence electrons. The van der Waals surface area contributed by atoms with E-state index in [0.717, 1.165) is 44.2 Å². The van der Waals surface area contributed by atoms with Gasteiger partial charge in [0.2, 0.25) is 0 Å². The Morgan fingerprint density at radius 2 is 0.882 bits per heavy atom. The van der Waals surface area contributed by atoms with Gasteiger partial charge in [0.25, 0.3) is 0 Å². The zero-order valence-corrected chi connectivity index (χ0v) is 29.3. The van der Waals surface area contributed by atoms with E-state index in [1.165, 1.54) is 43.1 Å². The molecule has 0 unspecified atom stereocenters. The van der Waals surface area contributed by atoms with Crippen molar-refractivity contribution >= 4 is 44.2 Å². The molecule has 0 atom stereocenters. The van der Waals surface area contributed by atoms with Crippen LogP contribution < -0.4 is 9.47 Å². The lowest BCUT2D eigenvalue weighted by molar-refractivity contribution is 0.203. The summed E-state index contributed by atoms with van der Waals surface area (Å²) in [6, 6.07) is 48.0. The maximum Gasteiger partial charge on any atom is 0.127 e. The van der Waals surface area contributed by atoms with Gasteiger partial charge >= 0.3 is 0 Å². The highest BCUT2D eigenvalue weighted by atomic mass is 32.1. The predicted octanol–water partition coefficient (Wildman–Crippen LogP) is 10.6. The van der Waals surface area contributed by atoms with Crippen LogP contribution in [0.3, 0.4) is 0 Å². The second kappa shape index (κ2) is 13.1. The lowest BCUT2D eigenvalue weighted by Gasteiger charge is -2.36. The number of ether oxygens (including phenoxy) is 2. The molecule has 51 heavy (non-hydrogen) atoms. The van der Waals surface area contributed by atoms with Crippen molar-refractivity contribution in [2.24, 2.45) is 0 Å². The van der Waals surface area contributed by atoms with Crippen LogP contribution in [0.1, 0.15) is 22.3 Å². The summed E-state index contributed by atoms with van der Waals surface area (Å²) < 4.78 is 12.2. The molecule has 1 aliphatic rings. The number of rotatable bonds is 10. The number of aliphatic hydroxyl groups is 2. The van der Waals surface area contributed by atoms with E-state index in [1.807, 2.05) is 12.1 Å². The summed E-state index contributed by atoms with van der Waals surface area (Å²) in [5, 5.41) is 27.7. The average molecular weight is 703 g/mol. The van der Waals surface area contributed by atoms with Crippen LogP contribution in [0.2, 0.25) is 0 Å². The number of aliphatic hydroxyl groups excluding tert-OH is 2. The van der Waals surface area contributed by atoms with Crippen molar-refractivity contribution in [1.29, 1.82) is 0 Å². The molecule has 2 heterocycles. The third-order valence-electron chi connectivity index (χ3n) is 10.0. The summed E-state index contributed by atoms with van der Waals surface area (Å²) >= 11 is 3.51. The van der Waals surface area contributed by atoms with E-state index in [4.69, 9.17) is 9.47 Å². The second-order valence-electron chi connectivity index (χ2n) is 12.7. The quantitative estimate of drug-likeness (QED) is 0.149. The number of fused-ring (bicyclic) bond motifs is 5. The summed E-state index contributed by atoms with van der Waals surface area (Å²) in [5.74, 6) is 1.49. The van der Waals surface area contributed by atoms with Crippen LogP contribution in [0.25, 0.3) is 53.6 Å². The fourth-order valence-electron chi connectivity index (χ4n) is 8.01. The average Bonchev–Trinajstić information content (AvgIpc) is 3.97. The van der Waals surface area contributed by atoms with Crippen LogP contribution in [-0.4, -0.2) is 36.6 Å². The Kier molecular flexibility index (Phi) is 8.17. The van der Waals surface area contributed by atoms with Crippen molar-refractivity contribution < 1.29 is 19.7 Å². The topological polar surface area (TPSA) is 58.9 Å². The number of hydrogen-bond donors (Lipinski definition) is 2. The lowest BCUT2D eigenvalue weighted by Crippen LogP contribution is -2.29. The Morgan fingerprint density at radius 1 is 0.451 bits per heavy atom. The fraction of sp³-hybridized carbons (Fsp3) is 0.111. The molecule has 0 spiro atoms. The Balaban J connectivity index is 1.43. The number of thiophene rings is 2. The molecule has 0 fully saturated rings. The molecule has 6 heteroatoms. The number of benzene rings is 6. The van der Waals surface area contributed by atoms with Gasteiger partial charge in [0.1, 0.15) is 24.7 Å². The van der Waals surface area contributed by atoms with Crippen molar-refractivity contribution in [3.8, 4) is 43.5 Å². The molecule has 2 aromatic heterocycles. The fourth-order valence-corrected chi connectivity index (χ4v) is 9.46. The van der Waals surface area contributed by atoms with E-state index in [9.17, 15) is 10.2 Å². The molecule has 0 saturated heterocycles. The molecule has 2 N–H and O–H groups in total. The SMILES string of the molecule is OCCOc1ccc(C2(c3ccc(OCCO)c4ccccc34)c3ccc(-c4cccs4)cc3-c3cc(-c4cccs4)ccc32)c2ccccc12. The first kappa shape index (κ1) is 31.7. The first-order valence-electron chi connectivity index (χ1n) is 17.1. The van der Waals surface area contributed by atoms with E-state index < -0.39 is 5.41 Å². The van der Waals surface area contributed by atoms with Crippen LogP contribution in [-0.2, 0) is 5.41 Å². The van der Waals surface area contributed by atoms with Gasteiger partial charge in [0, 0.05) is 20.5 Å². The Bertz CT molecular complexity index is 2340. The van der Waals surface area contributed by atoms with Crippen molar-refractivity contribution in [3.63, 3.8) is 0 Å². The van der Waals surface area contributed by atoms with E-state index in [0.29, 0.717) is 0 Å². The smallest absolute Gasteiger partial charge is 0.127 e. The van der Waals surface area contributed by atoms with Gasteiger partial charge in [-0.3, -0.25) is 0 Å². The minimum absolute atomic E-state index is 0.0589.